The van der Waals surface area contributed by atoms with E-state index in [9.17, 15) is 13.5 Å². The van der Waals surface area contributed by atoms with Crippen molar-refractivity contribution in [2.45, 2.75) is 37.7 Å². The summed E-state index contributed by atoms with van der Waals surface area (Å²) in [5.41, 5.74) is 1.11. The van der Waals surface area contributed by atoms with Gasteiger partial charge in [0, 0.05) is 13.6 Å². The largest absolute Gasteiger partial charge is 0.393 e. The Morgan fingerprint density at radius 3 is 2.28 bits per heavy atom. The van der Waals surface area contributed by atoms with Gasteiger partial charge in [-0.1, -0.05) is 19.1 Å². The molecule has 5 heteroatoms. The summed E-state index contributed by atoms with van der Waals surface area (Å²) in [5.74, 6) is 0. The van der Waals surface area contributed by atoms with E-state index in [4.69, 9.17) is 0 Å². The molecular weight excluding hydrogens is 250 g/mol. The van der Waals surface area contributed by atoms with E-state index >= 15 is 0 Å². The lowest BCUT2D eigenvalue weighted by atomic mass is 10.2. The number of hydrogen-bond acceptors (Lipinski definition) is 3. The van der Waals surface area contributed by atoms with Crippen molar-refractivity contribution in [1.29, 1.82) is 0 Å². The van der Waals surface area contributed by atoms with Gasteiger partial charge in [-0.2, -0.15) is 0 Å². The summed E-state index contributed by atoms with van der Waals surface area (Å²) < 4.78 is 25.7. The minimum atomic E-state index is -3.44. The Balaban J connectivity index is 2.84. The Labute approximate surface area is 109 Å². The highest BCUT2D eigenvalue weighted by molar-refractivity contribution is 7.89. The molecule has 1 aromatic carbocycles. The molecule has 1 rings (SSSR count). The third kappa shape index (κ3) is 3.80. The van der Waals surface area contributed by atoms with E-state index in [1.807, 2.05) is 19.1 Å². The van der Waals surface area contributed by atoms with Crippen molar-refractivity contribution in [2.24, 2.45) is 0 Å². The molecule has 0 aliphatic rings. The molecule has 0 amide bonds. The molecule has 0 heterocycles. The first-order chi connectivity index (χ1) is 8.37. The highest BCUT2D eigenvalue weighted by Crippen LogP contribution is 2.16. The third-order valence-electron chi connectivity index (χ3n) is 2.90. The molecule has 1 unspecified atom stereocenters. The molecular formula is C13H21NO3S. The second-order valence-corrected chi connectivity index (χ2v) is 6.51. The number of benzene rings is 1. The van der Waals surface area contributed by atoms with Crippen LogP contribution in [-0.2, 0) is 16.4 Å². The smallest absolute Gasteiger partial charge is 0.242 e. The van der Waals surface area contributed by atoms with Crippen LogP contribution in [0, 0.1) is 0 Å². The van der Waals surface area contributed by atoms with Crippen molar-refractivity contribution in [3.05, 3.63) is 29.8 Å². The topological polar surface area (TPSA) is 57.6 Å². The van der Waals surface area contributed by atoms with Crippen LogP contribution in [0.4, 0.5) is 0 Å². The summed E-state index contributed by atoms with van der Waals surface area (Å²) in [5, 5.41) is 9.18. The molecule has 102 valence electrons. The van der Waals surface area contributed by atoms with Gasteiger partial charge in [-0.05, 0) is 37.5 Å². The fourth-order valence-corrected chi connectivity index (χ4v) is 2.75. The van der Waals surface area contributed by atoms with Crippen LogP contribution in [0.1, 0.15) is 25.8 Å². The summed E-state index contributed by atoms with van der Waals surface area (Å²) in [4.78, 5) is 0.299. The molecule has 0 aliphatic heterocycles. The van der Waals surface area contributed by atoms with Gasteiger partial charge in [0.1, 0.15) is 0 Å². The number of sulfonamides is 1. The second kappa shape index (κ2) is 6.31. The molecule has 1 N–H and O–H groups in total. The fourth-order valence-electron chi connectivity index (χ4n) is 1.57. The molecule has 4 nitrogen and oxygen atoms in total. The lowest BCUT2D eigenvalue weighted by Gasteiger charge is -2.18. The molecule has 1 atom stereocenters. The van der Waals surface area contributed by atoms with Crippen molar-refractivity contribution in [3.8, 4) is 0 Å². The van der Waals surface area contributed by atoms with Crippen LogP contribution in [0.2, 0.25) is 0 Å². The second-order valence-electron chi connectivity index (χ2n) is 4.46. The molecule has 0 aliphatic carbocycles. The zero-order chi connectivity index (χ0) is 13.8. The number of rotatable bonds is 6. The Hall–Kier alpha value is -0.910. The van der Waals surface area contributed by atoms with E-state index in [0.717, 1.165) is 12.0 Å². The average molecular weight is 271 g/mol. The van der Waals surface area contributed by atoms with E-state index in [1.54, 1.807) is 19.1 Å². The fraction of sp³-hybridized carbons (Fsp3) is 0.538. The maximum Gasteiger partial charge on any atom is 0.242 e. The van der Waals surface area contributed by atoms with Crippen LogP contribution < -0.4 is 0 Å². The van der Waals surface area contributed by atoms with Crippen molar-refractivity contribution < 1.29 is 13.5 Å². The van der Waals surface area contributed by atoms with Crippen LogP contribution in [0.3, 0.4) is 0 Å². The summed E-state index contributed by atoms with van der Waals surface area (Å²) in [6, 6.07) is 6.92. The van der Waals surface area contributed by atoms with E-state index in [1.165, 1.54) is 11.4 Å². The van der Waals surface area contributed by atoms with Gasteiger partial charge in [-0.15, -0.1) is 0 Å². The lowest BCUT2D eigenvalue weighted by molar-refractivity contribution is 0.177. The van der Waals surface area contributed by atoms with Crippen molar-refractivity contribution >= 4 is 10.0 Å². The summed E-state index contributed by atoms with van der Waals surface area (Å²) in [6.45, 7) is 3.99. The molecule has 0 radical (unpaired) electrons. The minimum absolute atomic E-state index is 0.299. The van der Waals surface area contributed by atoms with Gasteiger partial charge in [-0.25, -0.2) is 12.7 Å². The maximum absolute atomic E-state index is 12.2. The first-order valence-electron chi connectivity index (χ1n) is 6.11. The molecule has 1 aromatic rings. The highest BCUT2D eigenvalue weighted by Gasteiger charge is 2.20. The van der Waals surface area contributed by atoms with Gasteiger partial charge in [0.05, 0.1) is 11.0 Å². The van der Waals surface area contributed by atoms with Crippen LogP contribution in [0.5, 0.6) is 0 Å². The van der Waals surface area contributed by atoms with Gasteiger partial charge in [0.15, 0.2) is 0 Å². The van der Waals surface area contributed by atoms with Gasteiger partial charge < -0.3 is 5.11 Å². The molecule has 0 saturated carbocycles. The van der Waals surface area contributed by atoms with Gasteiger partial charge in [0.25, 0.3) is 0 Å². The Kier molecular flexibility index (Phi) is 5.31. The first kappa shape index (κ1) is 15.1. The predicted octanol–water partition coefficient (Wildman–Crippen LogP) is 1.64. The average Bonchev–Trinajstić information content (AvgIpc) is 2.35. The monoisotopic (exact) mass is 271 g/mol. The molecule has 0 saturated heterocycles. The van der Waals surface area contributed by atoms with Crippen molar-refractivity contribution in [1.82, 2.24) is 4.31 Å². The number of aliphatic hydroxyl groups is 1. The molecule has 0 bridgehead atoms. The maximum atomic E-state index is 12.2. The molecule has 18 heavy (non-hydrogen) atoms. The van der Waals surface area contributed by atoms with E-state index in [0.29, 0.717) is 17.9 Å². The van der Waals surface area contributed by atoms with Crippen LogP contribution in [-0.4, -0.2) is 37.5 Å². The van der Waals surface area contributed by atoms with E-state index in [2.05, 4.69) is 0 Å². The van der Waals surface area contributed by atoms with E-state index < -0.39 is 16.1 Å². The Morgan fingerprint density at radius 2 is 1.83 bits per heavy atom. The lowest BCUT2D eigenvalue weighted by Crippen LogP contribution is -2.29. The van der Waals surface area contributed by atoms with E-state index in [-0.39, 0.29) is 0 Å². The summed E-state index contributed by atoms with van der Waals surface area (Å²) >= 11 is 0. The first-order valence-corrected chi connectivity index (χ1v) is 7.55. The van der Waals surface area contributed by atoms with Crippen LogP contribution >= 0.6 is 0 Å². The minimum Gasteiger partial charge on any atom is -0.393 e. The Morgan fingerprint density at radius 1 is 1.28 bits per heavy atom. The molecule has 0 spiro atoms. The summed E-state index contributed by atoms with van der Waals surface area (Å²) in [7, 11) is -1.90. The van der Waals surface area contributed by atoms with Gasteiger partial charge in [-0.3, -0.25) is 0 Å². The molecule has 0 fully saturated rings. The highest BCUT2D eigenvalue weighted by atomic mass is 32.2. The Bertz CT molecular complexity index is 466. The number of aliphatic hydroxyl groups excluding tert-OH is 1. The summed E-state index contributed by atoms with van der Waals surface area (Å²) in [6.07, 6.45) is 0.825. The zero-order valence-electron chi connectivity index (χ0n) is 11.1. The standard InChI is InChI=1S/C13H21NO3S/c1-4-12-5-7-13(8-6-12)18(16,17)14(3)10-9-11(2)15/h5-8,11,15H,4,9-10H2,1-3H3. The van der Waals surface area contributed by atoms with Crippen LogP contribution in [0.15, 0.2) is 29.2 Å². The predicted molar refractivity (Wildman–Crippen MR) is 71.9 cm³/mol. The van der Waals surface area contributed by atoms with Crippen molar-refractivity contribution in [3.63, 3.8) is 0 Å². The zero-order valence-corrected chi connectivity index (χ0v) is 11.9. The SMILES string of the molecule is CCc1ccc(S(=O)(=O)N(C)CCC(C)O)cc1. The van der Waals surface area contributed by atoms with Gasteiger partial charge >= 0.3 is 0 Å². The number of aryl methyl sites for hydroxylation is 1. The molecule has 0 aromatic heterocycles. The van der Waals surface area contributed by atoms with Crippen LogP contribution in [0.25, 0.3) is 0 Å². The van der Waals surface area contributed by atoms with Gasteiger partial charge in [0.2, 0.25) is 10.0 Å². The normalized spacial score (nSPS) is 13.8. The number of hydrogen-bond donors (Lipinski definition) is 1. The van der Waals surface area contributed by atoms with Crippen molar-refractivity contribution in [2.75, 3.05) is 13.6 Å². The third-order valence-corrected chi connectivity index (χ3v) is 4.77. The quantitative estimate of drug-likeness (QED) is 0.855. The number of nitrogens with zero attached hydrogens (tertiary/aromatic N) is 1.